The molecule has 2 aromatic rings. The third-order valence-electron chi connectivity index (χ3n) is 5.38. The van der Waals surface area contributed by atoms with E-state index in [1.165, 1.54) is 29.2 Å². The lowest BCUT2D eigenvalue weighted by molar-refractivity contribution is -0.140. The standard InChI is InChI=1S/C22H23NO3/c1-5-22(6-2)19-10-8-7-9-17(19)18-12-11-16(13-20(18)22)21(25)14(3)23-26-15(4)24/h7-13H,5-6H2,1-4H3/b23-14-. The monoisotopic (exact) mass is 349 g/mol. The second-order valence-electron chi connectivity index (χ2n) is 6.68. The molecule has 0 amide bonds. The molecule has 0 bridgehead atoms. The lowest BCUT2D eigenvalue weighted by Crippen LogP contribution is -2.23. The van der Waals surface area contributed by atoms with Crippen molar-refractivity contribution in [2.45, 2.75) is 46.0 Å². The van der Waals surface area contributed by atoms with E-state index in [1.807, 2.05) is 18.2 Å². The topological polar surface area (TPSA) is 55.7 Å². The van der Waals surface area contributed by atoms with Crippen LogP contribution in [0.3, 0.4) is 0 Å². The highest BCUT2D eigenvalue weighted by Crippen LogP contribution is 2.52. The number of carbonyl (C=O) groups excluding carboxylic acids is 2. The number of hydrogen-bond acceptors (Lipinski definition) is 4. The highest BCUT2D eigenvalue weighted by Gasteiger charge is 2.40. The molecule has 4 nitrogen and oxygen atoms in total. The van der Waals surface area contributed by atoms with Gasteiger partial charge in [-0.1, -0.05) is 55.4 Å². The molecule has 134 valence electrons. The maximum absolute atomic E-state index is 12.7. The Hall–Kier alpha value is -2.75. The van der Waals surface area contributed by atoms with Crippen molar-refractivity contribution in [3.8, 4) is 11.1 Å². The van der Waals surface area contributed by atoms with Crippen molar-refractivity contribution in [2.24, 2.45) is 5.16 Å². The van der Waals surface area contributed by atoms with E-state index in [1.54, 1.807) is 6.92 Å². The first-order valence-electron chi connectivity index (χ1n) is 8.96. The number of benzene rings is 2. The molecule has 0 N–H and O–H groups in total. The summed E-state index contributed by atoms with van der Waals surface area (Å²) in [6.45, 7) is 7.19. The fourth-order valence-corrected chi connectivity index (χ4v) is 3.99. The molecule has 0 aromatic heterocycles. The van der Waals surface area contributed by atoms with E-state index in [-0.39, 0.29) is 16.9 Å². The van der Waals surface area contributed by atoms with Gasteiger partial charge in [-0.3, -0.25) is 4.79 Å². The smallest absolute Gasteiger partial charge is 0.318 e. The molecule has 4 heteroatoms. The second-order valence-corrected chi connectivity index (χ2v) is 6.68. The minimum Gasteiger partial charge on any atom is -0.318 e. The zero-order chi connectivity index (χ0) is 18.9. The van der Waals surface area contributed by atoms with Gasteiger partial charge in [0.25, 0.3) is 0 Å². The average molecular weight is 349 g/mol. The van der Waals surface area contributed by atoms with Crippen molar-refractivity contribution in [2.75, 3.05) is 0 Å². The predicted octanol–water partition coefficient (Wildman–Crippen LogP) is 4.89. The van der Waals surface area contributed by atoms with Gasteiger partial charge in [0, 0.05) is 17.9 Å². The Bertz CT molecular complexity index is 907. The predicted molar refractivity (Wildman–Crippen MR) is 102 cm³/mol. The number of rotatable bonds is 5. The van der Waals surface area contributed by atoms with E-state index in [0.29, 0.717) is 5.56 Å². The molecule has 0 radical (unpaired) electrons. The normalized spacial score (nSPS) is 14.5. The summed E-state index contributed by atoms with van der Waals surface area (Å²) in [5, 5.41) is 3.63. The number of nitrogens with zero attached hydrogens (tertiary/aromatic N) is 1. The average Bonchev–Trinajstić information content (AvgIpc) is 2.95. The molecule has 2 aromatic carbocycles. The molecule has 26 heavy (non-hydrogen) atoms. The van der Waals surface area contributed by atoms with Gasteiger partial charge in [-0.25, -0.2) is 4.79 Å². The quantitative estimate of drug-likeness (QED) is 0.334. The van der Waals surface area contributed by atoms with Gasteiger partial charge >= 0.3 is 5.97 Å². The second kappa shape index (κ2) is 6.87. The summed E-state index contributed by atoms with van der Waals surface area (Å²) in [6, 6.07) is 14.3. The minimum atomic E-state index is -0.544. The lowest BCUT2D eigenvalue weighted by atomic mass is 9.73. The van der Waals surface area contributed by atoms with Crippen LogP contribution in [0.2, 0.25) is 0 Å². The maximum atomic E-state index is 12.7. The van der Waals surface area contributed by atoms with E-state index in [0.717, 1.165) is 12.8 Å². The summed E-state index contributed by atoms with van der Waals surface area (Å²) in [6.07, 6.45) is 1.93. The first kappa shape index (κ1) is 18.1. The Balaban J connectivity index is 2.09. The largest absolute Gasteiger partial charge is 0.331 e. The molecular formula is C22H23NO3. The van der Waals surface area contributed by atoms with Crippen molar-refractivity contribution < 1.29 is 14.4 Å². The molecule has 0 aliphatic heterocycles. The molecule has 3 rings (SSSR count). The Morgan fingerprint density at radius 2 is 1.62 bits per heavy atom. The first-order valence-corrected chi connectivity index (χ1v) is 8.96. The first-order chi connectivity index (χ1) is 12.4. The van der Waals surface area contributed by atoms with Crippen molar-refractivity contribution >= 4 is 17.5 Å². The van der Waals surface area contributed by atoms with Gasteiger partial charge in [0.2, 0.25) is 5.78 Å². The molecule has 0 saturated carbocycles. The van der Waals surface area contributed by atoms with Crippen LogP contribution in [0, 0.1) is 0 Å². The number of hydrogen-bond donors (Lipinski definition) is 0. The van der Waals surface area contributed by atoms with Crippen molar-refractivity contribution in [1.82, 2.24) is 0 Å². The Morgan fingerprint density at radius 1 is 0.962 bits per heavy atom. The summed E-state index contributed by atoms with van der Waals surface area (Å²) in [5.41, 5.74) is 5.60. The Kier molecular flexibility index (Phi) is 4.77. The number of Topliss-reactive ketones (excluding diaryl/α,β-unsaturated/α-hetero) is 1. The fourth-order valence-electron chi connectivity index (χ4n) is 3.99. The molecule has 0 unspecified atom stereocenters. The summed E-state index contributed by atoms with van der Waals surface area (Å²) in [4.78, 5) is 28.2. The SMILES string of the molecule is CCC1(CC)c2ccccc2-c2ccc(C(=O)/C(C)=N\OC(C)=O)cc21. The van der Waals surface area contributed by atoms with Gasteiger partial charge in [-0.15, -0.1) is 0 Å². The van der Waals surface area contributed by atoms with E-state index >= 15 is 0 Å². The van der Waals surface area contributed by atoms with Crippen molar-refractivity contribution in [1.29, 1.82) is 0 Å². The third-order valence-corrected chi connectivity index (χ3v) is 5.38. The molecule has 1 aliphatic rings. The summed E-state index contributed by atoms with van der Waals surface area (Å²) in [7, 11) is 0. The van der Waals surface area contributed by atoms with Crippen LogP contribution < -0.4 is 0 Å². The van der Waals surface area contributed by atoms with E-state index in [4.69, 9.17) is 0 Å². The van der Waals surface area contributed by atoms with Crippen LogP contribution in [0.1, 0.15) is 62.0 Å². The highest BCUT2D eigenvalue weighted by atomic mass is 16.7. The van der Waals surface area contributed by atoms with Gasteiger partial charge < -0.3 is 4.84 Å². The summed E-state index contributed by atoms with van der Waals surface area (Å²) in [5.74, 6) is -0.774. The van der Waals surface area contributed by atoms with Crippen LogP contribution in [-0.2, 0) is 15.0 Å². The number of oxime groups is 1. The Morgan fingerprint density at radius 3 is 2.27 bits per heavy atom. The van der Waals surface area contributed by atoms with E-state index in [9.17, 15) is 9.59 Å². The zero-order valence-electron chi connectivity index (χ0n) is 15.6. The molecule has 0 fully saturated rings. The number of carbonyl (C=O) groups is 2. The van der Waals surface area contributed by atoms with Gasteiger partial charge in [-0.05, 0) is 48.1 Å². The zero-order valence-corrected chi connectivity index (χ0v) is 15.6. The highest BCUT2D eigenvalue weighted by molar-refractivity contribution is 6.45. The van der Waals surface area contributed by atoms with Gasteiger partial charge in [-0.2, -0.15) is 0 Å². The van der Waals surface area contributed by atoms with E-state index < -0.39 is 5.97 Å². The summed E-state index contributed by atoms with van der Waals surface area (Å²) >= 11 is 0. The third kappa shape index (κ3) is 2.75. The maximum Gasteiger partial charge on any atom is 0.331 e. The lowest BCUT2D eigenvalue weighted by Gasteiger charge is -2.29. The van der Waals surface area contributed by atoms with Crippen LogP contribution in [0.4, 0.5) is 0 Å². The molecule has 0 saturated heterocycles. The number of ketones is 1. The molecule has 0 atom stereocenters. The van der Waals surface area contributed by atoms with Gasteiger partial charge in [0.15, 0.2) is 0 Å². The molecule has 0 heterocycles. The van der Waals surface area contributed by atoms with Crippen LogP contribution in [-0.4, -0.2) is 17.5 Å². The van der Waals surface area contributed by atoms with Crippen LogP contribution >= 0.6 is 0 Å². The van der Waals surface area contributed by atoms with Crippen molar-refractivity contribution in [3.63, 3.8) is 0 Å². The van der Waals surface area contributed by atoms with Crippen molar-refractivity contribution in [3.05, 3.63) is 59.2 Å². The number of fused-ring (bicyclic) bond motifs is 3. The Labute approximate surface area is 153 Å². The summed E-state index contributed by atoms with van der Waals surface area (Å²) < 4.78 is 0. The van der Waals surface area contributed by atoms with Crippen LogP contribution in [0.25, 0.3) is 11.1 Å². The molecule has 1 aliphatic carbocycles. The molecule has 0 spiro atoms. The van der Waals surface area contributed by atoms with Gasteiger partial charge in [0.1, 0.15) is 5.71 Å². The van der Waals surface area contributed by atoms with Gasteiger partial charge in [0.05, 0.1) is 0 Å². The molecular weight excluding hydrogens is 326 g/mol. The van der Waals surface area contributed by atoms with Crippen LogP contribution in [0.5, 0.6) is 0 Å². The van der Waals surface area contributed by atoms with Crippen LogP contribution in [0.15, 0.2) is 47.6 Å². The van der Waals surface area contributed by atoms with E-state index in [2.05, 4.69) is 48.1 Å². The fraction of sp³-hybridized carbons (Fsp3) is 0.318. The minimum absolute atomic E-state index is 0.0802.